The molecule has 1 rings (SSSR count). The van der Waals surface area contributed by atoms with Crippen molar-refractivity contribution in [3.63, 3.8) is 0 Å². The molecule has 0 unspecified atom stereocenters. The summed E-state index contributed by atoms with van der Waals surface area (Å²) in [6.07, 6.45) is -4.11. The molecule has 0 aliphatic heterocycles. The van der Waals surface area contributed by atoms with Crippen LogP contribution in [0.5, 0.6) is 0 Å². The monoisotopic (exact) mass is 308 g/mol. The predicted molar refractivity (Wildman–Crippen MR) is 74.1 cm³/mol. The Labute approximate surface area is 121 Å². The molecule has 0 saturated carbocycles. The van der Waals surface area contributed by atoms with Crippen LogP contribution in [0.1, 0.15) is 19.4 Å². The zero-order valence-corrected chi connectivity index (χ0v) is 12.4. The second-order valence-electron chi connectivity index (χ2n) is 4.41. The van der Waals surface area contributed by atoms with Crippen molar-refractivity contribution in [3.05, 3.63) is 29.8 Å². The van der Waals surface area contributed by atoms with E-state index in [4.69, 9.17) is 9.47 Å². The second-order valence-corrected chi connectivity index (χ2v) is 5.57. The summed E-state index contributed by atoms with van der Waals surface area (Å²) in [6, 6.07) is 5.32. The van der Waals surface area contributed by atoms with Crippen molar-refractivity contribution in [2.75, 3.05) is 25.6 Å². The maximum Gasteiger partial charge on any atom is 0.416 e. The highest BCUT2D eigenvalue weighted by Gasteiger charge is 2.30. The van der Waals surface area contributed by atoms with Crippen LogP contribution in [0.15, 0.2) is 29.2 Å². The zero-order valence-electron chi connectivity index (χ0n) is 11.6. The molecule has 1 aromatic rings. The fraction of sp³-hybridized carbons (Fsp3) is 0.571. The van der Waals surface area contributed by atoms with Crippen molar-refractivity contribution in [2.24, 2.45) is 0 Å². The van der Waals surface area contributed by atoms with Crippen LogP contribution >= 0.6 is 11.8 Å². The van der Waals surface area contributed by atoms with Gasteiger partial charge in [-0.15, -0.1) is 11.8 Å². The van der Waals surface area contributed by atoms with Gasteiger partial charge in [0.2, 0.25) is 0 Å². The Bertz CT molecular complexity index is 394. The van der Waals surface area contributed by atoms with Crippen molar-refractivity contribution < 1.29 is 22.6 Å². The smallest absolute Gasteiger partial charge is 0.378 e. The third-order valence-corrected chi connectivity index (χ3v) is 3.29. The highest BCUT2D eigenvalue weighted by atomic mass is 32.2. The van der Waals surface area contributed by atoms with E-state index in [1.165, 1.54) is 17.8 Å². The number of ether oxygens (including phenoxy) is 2. The summed E-state index contributed by atoms with van der Waals surface area (Å²) in [4.78, 5) is 0.599. The van der Waals surface area contributed by atoms with Crippen LogP contribution in [0.2, 0.25) is 0 Å². The summed E-state index contributed by atoms with van der Waals surface area (Å²) in [5.41, 5.74) is -0.617. The second kappa shape index (κ2) is 8.54. The molecule has 0 N–H and O–H groups in total. The molecule has 0 atom stereocenters. The van der Waals surface area contributed by atoms with Gasteiger partial charge in [0.25, 0.3) is 0 Å². The molecule has 0 spiro atoms. The number of thioether (sulfide) groups is 1. The lowest BCUT2D eigenvalue weighted by atomic mass is 10.2. The first-order valence-corrected chi connectivity index (χ1v) is 7.37. The van der Waals surface area contributed by atoms with E-state index < -0.39 is 11.7 Å². The average Bonchev–Trinajstić information content (AvgIpc) is 2.36. The van der Waals surface area contributed by atoms with Crippen LogP contribution in [0.4, 0.5) is 13.2 Å². The lowest BCUT2D eigenvalue weighted by Gasteiger charge is -2.09. The lowest BCUT2D eigenvalue weighted by molar-refractivity contribution is -0.137. The SMILES string of the molecule is CC(C)OCCOCCSc1cccc(C(F)(F)F)c1. The first kappa shape index (κ1) is 17.3. The third kappa shape index (κ3) is 7.17. The molecule has 0 heterocycles. The van der Waals surface area contributed by atoms with Gasteiger partial charge in [-0.25, -0.2) is 0 Å². The average molecular weight is 308 g/mol. The molecule has 114 valence electrons. The summed E-state index contributed by atoms with van der Waals surface area (Å²) >= 11 is 1.35. The quantitative estimate of drug-likeness (QED) is 0.529. The van der Waals surface area contributed by atoms with Gasteiger partial charge in [0.1, 0.15) is 0 Å². The van der Waals surface area contributed by atoms with Gasteiger partial charge in [-0.1, -0.05) is 6.07 Å². The summed E-state index contributed by atoms with van der Waals surface area (Å²) in [5.74, 6) is 0.614. The van der Waals surface area contributed by atoms with Crippen LogP contribution in [0, 0.1) is 0 Å². The summed E-state index contributed by atoms with van der Waals surface area (Å²) < 4.78 is 48.2. The fourth-order valence-electron chi connectivity index (χ4n) is 1.43. The third-order valence-electron chi connectivity index (χ3n) is 2.34. The Morgan fingerprint density at radius 3 is 2.55 bits per heavy atom. The van der Waals surface area contributed by atoms with E-state index in [9.17, 15) is 13.2 Å². The molecule has 0 aliphatic rings. The van der Waals surface area contributed by atoms with E-state index in [-0.39, 0.29) is 6.10 Å². The van der Waals surface area contributed by atoms with E-state index in [0.717, 1.165) is 12.1 Å². The summed E-state index contributed by atoms with van der Waals surface area (Å²) in [6.45, 7) is 5.42. The number of hydrogen-bond acceptors (Lipinski definition) is 3. The molecule has 2 nitrogen and oxygen atoms in total. The Morgan fingerprint density at radius 1 is 1.15 bits per heavy atom. The van der Waals surface area contributed by atoms with E-state index in [1.54, 1.807) is 6.07 Å². The maximum absolute atomic E-state index is 12.5. The molecule has 20 heavy (non-hydrogen) atoms. The van der Waals surface area contributed by atoms with Crippen LogP contribution < -0.4 is 0 Å². The molecular formula is C14H19F3O2S. The normalized spacial score (nSPS) is 12.1. The highest BCUT2D eigenvalue weighted by molar-refractivity contribution is 7.99. The number of hydrogen-bond donors (Lipinski definition) is 0. The number of benzene rings is 1. The van der Waals surface area contributed by atoms with Crippen molar-refractivity contribution in [1.82, 2.24) is 0 Å². The van der Waals surface area contributed by atoms with Gasteiger partial charge in [0.15, 0.2) is 0 Å². The minimum absolute atomic E-state index is 0.179. The molecule has 0 fully saturated rings. The van der Waals surface area contributed by atoms with Gasteiger partial charge in [0.05, 0.1) is 31.5 Å². The van der Waals surface area contributed by atoms with Gasteiger partial charge in [0, 0.05) is 10.6 Å². The lowest BCUT2D eigenvalue weighted by Crippen LogP contribution is -2.10. The molecule has 1 aromatic carbocycles. The minimum atomic E-state index is -4.29. The maximum atomic E-state index is 12.5. The van der Waals surface area contributed by atoms with Crippen LogP contribution in [0.25, 0.3) is 0 Å². The van der Waals surface area contributed by atoms with Crippen LogP contribution in [0.3, 0.4) is 0 Å². The Hall–Kier alpha value is -0.720. The van der Waals surface area contributed by atoms with E-state index >= 15 is 0 Å². The summed E-state index contributed by atoms with van der Waals surface area (Å²) in [7, 11) is 0. The molecule has 0 aliphatic carbocycles. The van der Waals surface area contributed by atoms with Crippen LogP contribution in [-0.4, -0.2) is 31.7 Å². The minimum Gasteiger partial charge on any atom is -0.378 e. The number of alkyl halides is 3. The first-order chi connectivity index (χ1) is 9.39. The zero-order chi connectivity index (χ0) is 15.0. The van der Waals surface area contributed by atoms with Gasteiger partial charge < -0.3 is 9.47 Å². The van der Waals surface area contributed by atoms with Gasteiger partial charge in [-0.3, -0.25) is 0 Å². The molecule has 0 amide bonds. The van der Waals surface area contributed by atoms with Crippen molar-refractivity contribution in [3.8, 4) is 0 Å². The van der Waals surface area contributed by atoms with Crippen molar-refractivity contribution in [1.29, 1.82) is 0 Å². The van der Waals surface area contributed by atoms with Crippen molar-refractivity contribution >= 4 is 11.8 Å². The van der Waals surface area contributed by atoms with Crippen LogP contribution in [-0.2, 0) is 15.7 Å². The summed E-state index contributed by atoms with van der Waals surface area (Å²) in [5, 5.41) is 0. The highest BCUT2D eigenvalue weighted by Crippen LogP contribution is 2.31. The van der Waals surface area contributed by atoms with Crippen molar-refractivity contribution in [2.45, 2.75) is 31.0 Å². The predicted octanol–water partition coefficient (Wildman–Crippen LogP) is 4.24. The first-order valence-electron chi connectivity index (χ1n) is 6.39. The Morgan fingerprint density at radius 2 is 1.90 bits per heavy atom. The van der Waals surface area contributed by atoms with E-state index in [0.29, 0.717) is 30.5 Å². The Balaban J connectivity index is 2.22. The molecule has 0 radical (unpaired) electrons. The van der Waals surface area contributed by atoms with E-state index in [2.05, 4.69) is 0 Å². The standard InChI is InChI=1S/C14H19F3O2S/c1-11(2)19-7-6-18-8-9-20-13-5-3-4-12(10-13)14(15,16)17/h3-5,10-11H,6-9H2,1-2H3. The topological polar surface area (TPSA) is 18.5 Å². The number of halogens is 3. The van der Waals surface area contributed by atoms with Gasteiger partial charge >= 0.3 is 6.18 Å². The molecular weight excluding hydrogens is 289 g/mol. The van der Waals surface area contributed by atoms with E-state index in [1.807, 2.05) is 13.8 Å². The molecule has 6 heteroatoms. The fourth-order valence-corrected chi connectivity index (χ4v) is 2.25. The van der Waals surface area contributed by atoms with Gasteiger partial charge in [-0.05, 0) is 32.0 Å². The Kier molecular flexibility index (Phi) is 7.40. The molecule has 0 bridgehead atoms. The molecule has 0 saturated heterocycles. The molecule has 0 aromatic heterocycles. The number of rotatable bonds is 8. The van der Waals surface area contributed by atoms with Gasteiger partial charge in [-0.2, -0.15) is 13.2 Å². The largest absolute Gasteiger partial charge is 0.416 e.